The Morgan fingerprint density at radius 3 is 2.80 bits per heavy atom. The minimum atomic E-state index is 0.107. The second kappa shape index (κ2) is 6.25. The third kappa shape index (κ3) is 3.40. The highest BCUT2D eigenvalue weighted by Crippen LogP contribution is 2.20. The summed E-state index contributed by atoms with van der Waals surface area (Å²) in [5.41, 5.74) is 6.78. The molecule has 1 rings (SSSR count). The lowest BCUT2D eigenvalue weighted by molar-refractivity contribution is 0.203. The normalized spacial score (nSPS) is 12.1. The number of rotatable bonds is 6. The monoisotopic (exact) mass is 205 g/mol. The van der Waals surface area contributed by atoms with Gasteiger partial charge in [-0.3, -0.25) is 0 Å². The fourth-order valence-electron chi connectivity index (χ4n) is 1.42. The van der Waals surface area contributed by atoms with Crippen LogP contribution < -0.4 is 10.5 Å². The summed E-state index contributed by atoms with van der Waals surface area (Å²) in [5, 5.41) is 0. The topological polar surface area (TPSA) is 35.2 Å². The van der Waals surface area contributed by atoms with Crippen LogP contribution in [0.4, 0.5) is 0 Å². The summed E-state index contributed by atoms with van der Waals surface area (Å²) in [5.74, 6) is 0.926. The van der Waals surface area contributed by atoms with Gasteiger partial charge in [-0.15, -0.1) is 6.58 Å². The summed E-state index contributed by atoms with van der Waals surface area (Å²) in [6.07, 6.45) is 3.75. The highest BCUT2D eigenvalue weighted by molar-refractivity contribution is 5.34. The molecule has 0 saturated carbocycles. The van der Waals surface area contributed by atoms with Gasteiger partial charge in [0.15, 0.2) is 0 Å². The van der Waals surface area contributed by atoms with E-state index in [0.29, 0.717) is 6.54 Å². The van der Waals surface area contributed by atoms with E-state index >= 15 is 0 Å². The van der Waals surface area contributed by atoms with Gasteiger partial charge in [-0.2, -0.15) is 0 Å². The molecule has 1 aromatic carbocycles. The summed E-state index contributed by atoms with van der Waals surface area (Å²) in [6.45, 7) is 6.37. The molecular weight excluding hydrogens is 186 g/mol. The molecule has 0 saturated heterocycles. The Bertz CT molecular complexity index is 305. The van der Waals surface area contributed by atoms with Crippen molar-refractivity contribution in [1.29, 1.82) is 0 Å². The first-order valence-electron chi connectivity index (χ1n) is 5.37. The van der Waals surface area contributed by atoms with E-state index in [9.17, 15) is 0 Å². The van der Waals surface area contributed by atoms with Crippen molar-refractivity contribution in [2.24, 2.45) is 5.73 Å². The van der Waals surface area contributed by atoms with E-state index in [4.69, 9.17) is 10.5 Å². The van der Waals surface area contributed by atoms with Crippen molar-refractivity contribution in [2.45, 2.75) is 25.9 Å². The van der Waals surface area contributed by atoms with Gasteiger partial charge in [0.25, 0.3) is 0 Å². The van der Waals surface area contributed by atoms with Gasteiger partial charge in [-0.05, 0) is 24.5 Å². The van der Waals surface area contributed by atoms with Crippen molar-refractivity contribution in [3.05, 3.63) is 42.5 Å². The Balaban J connectivity index is 2.78. The molecule has 0 aliphatic carbocycles. The van der Waals surface area contributed by atoms with Crippen molar-refractivity contribution in [1.82, 2.24) is 0 Å². The van der Waals surface area contributed by atoms with Gasteiger partial charge < -0.3 is 10.5 Å². The molecule has 0 aliphatic heterocycles. The molecule has 82 valence electrons. The molecule has 1 unspecified atom stereocenters. The van der Waals surface area contributed by atoms with Crippen molar-refractivity contribution < 1.29 is 4.74 Å². The lowest BCUT2D eigenvalue weighted by Crippen LogP contribution is -2.26. The Morgan fingerprint density at radius 1 is 1.47 bits per heavy atom. The van der Waals surface area contributed by atoms with Crippen LogP contribution in [0.1, 0.15) is 18.9 Å². The predicted octanol–water partition coefficient (Wildman–Crippen LogP) is 2.53. The zero-order chi connectivity index (χ0) is 11.1. The molecular formula is C13H19NO. The van der Waals surface area contributed by atoms with E-state index < -0.39 is 0 Å². The maximum atomic E-state index is 5.82. The molecule has 2 N–H and O–H groups in total. The Hall–Kier alpha value is -1.28. The van der Waals surface area contributed by atoms with Crippen LogP contribution in [0.15, 0.2) is 36.9 Å². The number of para-hydroxylation sites is 1. The van der Waals surface area contributed by atoms with Crippen LogP contribution in [0.2, 0.25) is 0 Å². The maximum Gasteiger partial charge on any atom is 0.123 e. The van der Waals surface area contributed by atoms with E-state index in [1.54, 1.807) is 0 Å². The van der Waals surface area contributed by atoms with Crippen LogP contribution in [-0.2, 0) is 6.42 Å². The zero-order valence-electron chi connectivity index (χ0n) is 9.28. The molecule has 0 aliphatic rings. The molecule has 1 atom stereocenters. The number of hydrogen-bond acceptors (Lipinski definition) is 2. The second-order valence-corrected chi connectivity index (χ2v) is 3.48. The zero-order valence-corrected chi connectivity index (χ0v) is 9.28. The quantitative estimate of drug-likeness (QED) is 0.724. The first-order chi connectivity index (χ1) is 7.31. The standard InChI is InChI=1S/C13H19NO/c1-3-7-11-8-5-6-9-13(11)15-12(4-2)10-14/h3,5-6,8-9,12H,1,4,7,10,14H2,2H3. The van der Waals surface area contributed by atoms with E-state index in [1.807, 2.05) is 24.3 Å². The lowest BCUT2D eigenvalue weighted by Gasteiger charge is -2.17. The van der Waals surface area contributed by atoms with Crippen molar-refractivity contribution in [3.63, 3.8) is 0 Å². The van der Waals surface area contributed by atoms with Crippen molar-refractivity contribution >= 4 is 0 Å². The number of ether oxygens (including phenoxy) is 1. The van der Waals surface area contributed by atoms with Crippen LogP contribution in [-0.4, -0.2) is 12.6 Å². The number of hydrogen-bond donors (Lipinski definition) is 1. The maximum absolute atomic E-state index is 5.82. The first kappa shape index (κ1) is 11.8. The summed E-state index contributed by atoms with van der Waals surface area (Å²) < 4.78 is 5.82. The summed E-state index contributed by atoms with van der Waals surface area (Å²) in [7, 11) is 0. The predicted molar refractivity (Wildman–Crippen MR) is 64.1 cm³/mol. The van der Waals surface area contributed by atoms with Gasteiger partial charge in [0, 0.05) is 6.54 Å². The number of benzene rings is 1. The number of allylic oxidation sites excluding steroid dienone is 1. The van der Waals surface area contributed by atoms with Crippen molar-refractivity contribution in [3.8, 4) is 5.75 Å². The smallest absolute Gasteiger partial charge is 0.123 e. The third-order valence-corrected chi connectivity index (χ3v) is 2.35. The molecule has 0 bridgehead atoms. The largest absolute Gasteiger partial charge is 0.489 e. The summed E-state index contributed by atoms with van der Waals surface area (Å²) in [6, 6.07) is 8.03. The van der Waals surface area contributed by atoms with Gasteiger partial charge in [0.1, 0.15) is 11.9 Å². The average molecular weight is 205 g/mol. The molecule has 0 amide bonds. The van der Waals surface area contributed by atoms with Crippen LogP contribution in [0, 0.1) is 0 Å². The van der Waals surface area contributed by atoms with Gasteiger partial charge >= 0.3 is 0 Å². The summed E-state index contributed by atoms with van der Waals surface area (Å²) >= 11 is 0. The number of nitrogens with two attached hydrogens (primary N) is 1. The first-order valence-corrected chi connectivity index (χ1v) is 5.37. The highest BCUT2D eigenvalue weighted by Gasteiger charge is 2.07. The van der Waals surface area contributed by atoms with Crippen LogP contribution >= 0.6 is 0 Å². The average Bonchev–Trinajstić information content (AvgIpc) is 2.28. The van der Waals surface area contributed by atoms with Gasteiger partial charge in [0.2, 0.25) is 0 Å². The Kier molecular flexibility index (Phi) is 4.91. The van der Waals surface area contributed by atoms with Crippen molar-refractivity contribution in [2.75, 3.05) is 6.54 Å². The van der Waals surface area contributed by atoms with Gasteiger partial charge in [-0.1, -0.05) is 31.2 Å². The van der Waals surface area contributed by atoms with E-state index in [2.05, 4.69) is 19.6 Å². The minimum absolute atomic E-state index is 0.107. The molecule has 0 fully saturated rings. The molecule has 0 heterocycles. The van der Waals surface area contributed by atoms with E-state index in [1.165, 1.54) is 5.56 Å². The molecule has 0 spiro atoms. The highest BCUT2D eigenvalue weighted by atomic mass is 16.5. The fraction of sp³-hybridized carbons (Fsp3) is 0.385. The molecule has 15 heavy (non-hydrogen) atoms. The minimum Gasteiger partial charge on any atom is -0.489 e. The van der Waals surface area contributed by atoms with E-state index in [-0.39, 0.29) is 6.10 Å². The van der Waals surface area contributed by atoms with E-state index in [0.717, 1.165) is 18.6 Å². The van der Waals surface area contributed by atoms with Crippen LogP contribution in [0.3, 0.4) is 0 Å². The molecule has 0 aromatic heterocycles. The molecule has 2 nitrogen and oxygen atoms in total. The molecule has 0 radical (unpaired) electrons. The van der Waals surface area contributed by atoms with Gasteiger partial charge in [-0.25, -0.2) is 0 Å². The summed E-state index contributed by atoms with van der Waals surface area (Å²) in [4.78, 5) is 0. The Labute approximate surface area is 91.7 Å². The Morgan fingerprint density at radius 2 is 2.20 bits per heavy atom. The fourth-order valence-corrected chi connectivity index (χ4v) is 1.42. The second-order valence-electron chi connectivity index (χ2n) is 3.48. The lowest BCUT2D eigenvalue weighted by atomic mass is 10.1. The van der Waals surface area contributed by atoms with Gasteiger partial charge in [0.05, 0.1) is 0 Å². The third-order valence-electron chi connectivity index (χ3n) is 2.35. The molecule has 1 aromatic rings. The SMILES string of the molecule is C=CCc1ccccc1OC(CC)CN. The van der Waals surface area contributed by atoms with Crippen LogP contribution in [0.5, 0.6) is 5.75 Å². The molecule has 2 heteroatoms. The van der Waals surface area contributed by atoms with Crippen LogP contribution in [0.25, 0.3) is 0 Å².